The molecule has 0 aliphatic heterocycles. The minimum Gasteiger partial charge on any atom is -0.501 e. The van der Waals surface area contributed by atoms with Crippen LogP contribution in [0.25, 0.3) is 0 Å². The largest absolute Gasteiger partial charge is 0.501 e. The van der Waals surface area contributed by atoms with Gasteiger partial charge >= 0.3 is 0 Å². The van der Waals surface area contributed by atoms with Crippen LogP contribution in [0, 0.1) is 0 Å². The van der Waals surface area contributed by atoms with E-state index < -0.39 is 18.4 Å². The Morgan fingerprint density at radius 1 is 1.88 bits per heavy atom. The second kappa shape index (κ2) is 3.21. The summed E-state index contributed by atoms with van der Waals surface area (Å²) >= 11 is 0. The molecule has 0 rings (SSSR count). The first kappa shape index (κ1) is 7.17. The molecular formula is C4H7NO3. The fourth-order valence-corrected chi connectivity index (χ4v) is 0.162. The number of hydrogen-bond donors (Lipinski definition) is 3. The third-order valence-electron chi connectivity index (χ3n) is 0.652. The van der Waals surface area contributed by atoms with Gasteiger partial charge in [0.15, 0.2) is 11.7 Å². The molecule has 4 heteroatoms. The zero-order valence-electron chi connectivity index (χ0n) is 4.16. The van der Waals surface area contributed by atoms with Gasteiger partial charge < -0.3 is 15.9 Å². The molecule has 0 spiro atoms. The Balaban J connectivity index is 3.82. The van der Waals surface area contributed by atoms with E-state index in [4.69, 9.17) is 15.9 Å². The summed E-state index contributed by atoms with van der Waals surface area (Å²) in [6.07, 6.45) is 0. The Morgan fingerprint density at radius 3 is 2.50 bits per heavy atom. The molecule has 0 fully saturated rings. The predicted octanol–water partition coefficient (Wildman–Crippen LogP) is -1.42. The van der Waals surface area contributed by atoms with Gasteiger partial charge in [-0.25, -0.2) is 4.79 Å². The van der Waals surface area contributed by atoms with Crippen LogP contribution in [-0.4, -0.2) is 28.8 Å². The Hall–Kier alpha value is -0.830. The average Bonchev–Trinajstić information content (AvgIpc) is 1.84. The maximum atomic E-state index is 9.50. The highest BCUT2D eigenvalue weighted by Crippen LogP contribution is 1.84. The van der Waals surface area contributed by atoms with Gasteiger partial charge in [0.2, 0.25) is 0 Å². The summed E-state index contributed by atoms with van der Waals surface area (Å²) in [4.78, 5) is 9.50. The minimum atomic E-state index is -0.979. The molecule has 8 heavy (non-hydrogen) atoms. The van der Waals surface area contributed by atoms with E-state index in [0.717, 1.165) is 5.94 Å². The number of nitrogens with two attached hydrogens (primary N) is 1. The third-order valence-corrected chi connectivity index (χ3v) is 0.652. The fourth-order valence-electron chi connectivity index (χ4n) is 0.162. The van der Waals surface area contributed by atoms with Crippen LogP contribution in [0.5, 0.6) is 0 Å². The standard InChI is InChI=1S/C4H7NO3/c5-3(1-6)4(8)2-7/h3,6,8H,1,5H2. The van der Waals surface area contributed by atoms with Crippen molar-refractivity contribution < 1.29 is 15.0 Å². The first-order chi connectivity index (χ1) is 3.72. The van der Waals surface area contributed by atoms with Gasteiger partial charge in [0.05, 0.1) is 12.6 Å². The van der Waals surface area contributed by atoms with Crippen molar-refractivity contribution in [3.05, 3.63) is 5.76 Å². The first-order valence-corrected chi connectivity index (χ1v) is 2.02. The van der Waals surface area contributed by atoms with Crippen molar-refractivity contribution in [2.45, 2.75) is 6.04 Å². The smallest absolute Gasteiger partial charge is 0.196 e. The van der Waals surface area contributed by atoms with E-state index >= 15 is 0 Å². The van der Waals surface area contributed by atoms with E-state index in [1.54, 1.807) is 0 Å². The lowest BCUT2D eigenvalue weighted by molar-refractivity contribution is 0.245. The average molecular weight is 117 g/mol. The maximum Gasteiger partial charge on any atom is 0.196 e. The highest BCUT2D eigenvalue weighted by atomic mass is 16.3. The maximum absolute atomic E-state index is 9.50. The van der Waals surface area contributed by atoms with Gasteiger partial charge in [0.1, 0.15) is 0 Å². The van der Waals surface area contributed by atoms with E-state index in [2.05, 4.69) is 0 Å². The summed E-state index contributed by atoms with van der Waals surface area (Å²) < 4.78 is 0. The molecule has 0 aliphatic rings. The van der Waals surface area contributed by atoms with Crippen LogP contribution in [0.15, 0.2) is 5.76 Å². The van der Waals surface area contributed by atoms with Gasteiger partial charge in [-0.3, -0.25) is 0 Å². The molecule has 1 unspecified atom stereocenters. The third kappa shape index (κ3) is 1.75. The Bertz CT molecular complexity index is 116. The topological polar surface area (TPSA) is 83.6 Å². The number of aliphatic hydroxyl groups excluding tert-OH is 2. The van der Waals surface area contributed by atoms with Crippen molar-refractivity contribution in [1.29, 1.82) is 0 Å². The zero-order chi connectivity index (χ0) is 6.57. The molecule has 0 aromatic rings. The lowest BCUT2D eigenvalue weighted by Gasteiger charge is -1.99. The molecule has 0 heterocycles. The Morgan fingerprint density at radius 2 is 2.38 bits per heavy atom. The Kier molecular flexibility index (Phi) is 2.88. The van der Waals surface area contributed by atoms with Crippen LogP contribution < -0.4 is 5.73 Å². The Labute approximate surface area is 46.2 Å². The second-order valence-electron chi connectivity index (χ2n) is 1.28. The van der Waals surface area contributed by atoms with E-state index in [-0.39, 0.29) is 0 Å². The highest BCUT2D eigenvalue weighted by Gasteiger charge is 2.04. The van der Waals surface area contributed by atoms with Crippen LogP contribution in [0.3, 0.4) is 0 Å². The zero-order valence-corrected chi connectivity index (χ0v) is 4.16. The molecule has 0 bridgehead atoms. The van der Waals surface area contributed by atoms with E-state index in [9.17, 15) is 4.79 Å². The minimum absolute atomic E-state index is 0.443. The van der Waals surface area contributed by atoms with Crippen molar-refractivity contribution in [3.8, 4) is 0 Å². The summed E-state index contributed by atoms with van der Waals surface area (Å²) in [7, 11) is 0. The quantitative estimate of drug-likeness (QED) is 0.306. The number of rotatable bonds is 2. The van der Waals surface area contributed by atoms with Crippen molar-refractivity contribution in [3.63, 3.8) is 0 Å². The van der Waals surface area contributed by atoms with E-state index in [1.807, 2.05) is 0 Å². The lowest BCUT2D eigenvalue weighted by atomic mass is 10.3. The van der Waals surface area contributed by atoms with Gasteiger partial charge in [-0.2, -0.15) is 0 Å². The van der Waals surface area contributed by atoms with Gasteiger partial charge in [0.25, 0.3) is 0 Å². The van der Waals surface area contributed by atoms with Crippen molar-refractivity contribution in [2.75, 3.05) is 6.61 Å². The van der Waals surface area contributed by atoms with Gasteiger partial charge in [-0.15, -0.1) is 0 Å². The van der Waals surface area contributed by atoms with Crippen LogP contribution >= 0.6 is 0 Å². The summed E-state index contributed by atoms with van der Waals surface area (Å²) in [6.45, 7) is -0.443. The summed E-state index contributed by atoms with van der Waals surface area (Å²) in [5, 5.41) is 16.5. The van der Waals surface area contributed by atoms with Crippen molar-refractivity contribution in [2.24, 2.45) is 5.73 Å². The molecule has 0 amide bonds. The molecular weight excluding hydrogens is 110 g/mol. The number of carbonyl (C=O) groups excluding carboxylic acids is 1. The summed E-state index contributed by atoms with van der Waals surface area (Å²) in [5.74, 6) is 0.507. The first-order valence-electron chi connectivity index (χ1n) is 2.02. The number of hydrogen-bond acceptors (Lipinski definition) is 4. The van der Waals surface area contributed by atoms with E-state index in [1.165, 1.54) is 0 Å². The molecule has 4 nitrogen and oxygen atoms in total. The molecule has 1 atom stereocenters. The number of aliphatic hydroxyl groups is 2. The van der Waals surface area contributed by atoms with Crippen molar-refractivity contribution >= 4 is 5.94 Å². The molecule has 0 aromatic carbocycles. The molecule has 0 radical (unpaired) electrons. The SMILES string of the molecule is NC(CO)C(O)=C=O. The second-order valence-corrected chi connectivity index (χ2v) is 1.28. The molecule has 0 aromatic heterocycles. The van der Waals surface area contributed by atoms with Crippen LogP contribution in [0.1, 0.15) is 0 Å². The normalized spacial score (nSPS) is 12.2. The van der Waals surface area contributed by atoms with Crippen molar-refractivity contribution in [1.82, 2.24) is 0 Å². The molecule has 0 aliphatic carbocycles. The molecule has 0 saturated heterocycles. The lowest BCUT2D eigenvalue weighted by Crippen LogP contribution is -2.26. The van der Waals surface area contributed by atoms with Gasteiger partial charge in [-0.05, 0) is 0 Å². The monoisotopic (exact) mass is 117 g/mol. The predicted molar refractivity (Wildman–Crippen MR) is 26.9 cm³/mol. The fraction of sp³-hybridized carbons (Fsp3) is 0.500. The molecule has 0 saturated carbocycles. The molecule has 46 valence electrons. The van der Waals surface area contributed by atoms with Gasteiger partial charge in [0, 0.05) is 0 Å². The van der Waals surface area contributed by atoms with Crippen LogP contribution in [-0.2, 0) is 4.79 Å². The van der Waals surface area contributed by atoms with Crippen LogP contribution in [0.4, 0.5) is 0 Å². The van der Waals surface area contributed by atoms with E-state index in [0.29, 0.717) is 0 Å². The molecule has 4 N–H and O–H groups in total. The van der Waals surface area contributed by atoms with Gasteiger partial charge in [-0.1, -0.05) is 0 Å². The van der Waals surface area contributed by atoms with Crippen LogP contribution in [0.2, 0.25) is 0 Å². The summed E-state index contributed by atoms with van der Waals surface area (Å²) in [5.41, 5.74) is 4.93. The summed E-state index contributed by atoms with van der Waals surface area (Å²) in [6, 6.07) is -0.979. The highest BCUT2D eigenvalue weighted by molar-refractivity contribution is 5.50.